The monoisotopic (exact) mass is 222 g/mol. The van der Waals surface area contributed by atoms with Crippen molar-refractivity contribution in [3.8, 4) is 0 Å². The highest BCUT2D eigenvalue weighted by molar-refractivity contribution is 4.97. The lowest BCUT2D eigenvalue weighted by Gasteiger charge is -2.42. The van der Waals surface area contributed by atoms with Crippen LogP contribution in [0.1, 0.15) is 51.9 Å². The Labute approximate surface area is 99.8 Å². The minimum absolute atomic E-state index is 0.687. The van der Waals surface area contributed by atoms with Gasteiger partial charge < -0.3 is 5.32 Å². The van der Waals surface area contributed by atoms with Crippen LogP contribution in [0.5, 0.6) is 0 Å². The molecule has 16 heavy (non-hydrogen) atoms. The van der Waals surface area contributed by atoms with E-state index >= 15 is 0 Å². The van der Waals surface area contributed by atoms with Crippen LogP contribution in [0.15, 0.2) is 0 Å². The van der Waals surface area contributed by atoms with Crippen molar-refractivity contribution in [3.63, 3.8) is 0 Å². The molecule has 0 aromatic carbocycles. The van der Waals surface area contributed by atoms with Gasteiger partial charge in [-0.05, 0) is 50.5 Å². The van der Waals surface area contributed by atoms with Gasteiger partial charge in [0.1, 0.15) is 0 Å². The van der Waals surface area contributed by atoms with E-state index in [1.54, 1.807) is 0 Å². The zero-order valence-electron chi connectivity index (χ0n) is 10.7. The molecule has 3 fully saturated rings. The van der Waals surface area contributed by atoms with Crippen molar-refractivity contribution in [1.29, 1.82) is 0 Å². The second kappa shape index (κ2) is 4.30. The molecule has 2 unspecified atom stereocenters. The second-order valence-electron chi connectivity index (χ2n) is 6.23. The molecule has 2 saturated heterocycles. The fourth-order valence-electron chi connectivity index (χ4n) is 4.00. The van der Waals surface area contributed by atoms with E-state index in [9.17, 15) is 0 Å². The van der Waals surface area contributed by atoms with Gasteiger partial charge in [-0.15, -0.1) is 0 Å². The van der Waals surface area contributed by atoms with Crippen molar-refractivity contribution in [2.24, 2.45) is 5.41 Å². The fraction of sp³-hybridized carbons (Fsp3) is 1.00. The molecule has 2 nitrogen and oxygen atoms in total. The number of nitrogens with zero attached hydrogens (tertiary/aromatic N) is 1. The molecular formula is C14H26N2. The van der Waals surface area contributed by atoms with Gasteiger partial charge in [0.25, 0.3) is 0 Å². The van der Waals surface area contributed by atoms with E-state index in [4.69, 9.17) is 0 Å². The van der Waals surface area contributed by atoms with Gasteiger partial charge in [0, 0.05) is 25.2 Å². The lowest BCUT2D eigenvalue weighted by atomic mass is 9.67. The van der Waals surface area contributed by atoms with Crippen molar-refractivity contribution in [1.82, 2.24) is 10.2 Å². The van der Waals surface area contributed by atoms with Crippen LogP contribution in [0.4, 0.5) is 0 Å². The topological polar surface area (TPSA) is 15.3 Å². The van der Waals surface area contributed by atoms with Gasteiger partial charge in [-0.1, -0.05) is 13.3 Å². The van der Waals surface area contributed by atoms with Crippen molar-refractivity contribution >= 4 is 0 Å². The maximum Gasteiger partial charge on any atom is 0.0250 e. The SMILES string of the molecule is CCC1(CNC2CCN3CCCC23)CCC1. The Morgan fingerprint density at radius 1 is 1.19 bits per heavy atom. The summed E-state index contributed by atoms with van der Waals surface area (Å²) in [5, 5.41) is 3.91. The zero-order chi connectivity index (χ0) is 11.0. The summed E-state index contributed by atoms with van der Waals surface area (Å²) in [6.45, 7) is 6.37. The first-order valence-electron chi connectivity index (χ1n) is 7.30. The van der Waals surface area contributed by atoms with Gasteiger partial charge in [-0.3, -0.25) is 4.90 Å². The normalized spacial score (nSPS) is 37.3. The Kier molecular flexibility index (Phi) is 2.97. The van der Waals surface area contributed by atoms with Gasteiger partial charge in [-0.2, -0.15) is 0 Å². The van der Waals surface area contributed by atoms with Crippen molar-refractivity contribution < 1.29 is 0 Å². The summed E-state index contributed by atoms with van der Waals surface area (Å²) in [7, 11) is 0. The summed E-state index contributed by atoms with van der Waals surface area (Å²) in [5.74, 6) is 0. The van der Waals surface area contributed by atoms with E-state index in [0.29, 0.717) is 5.41 Å². The maximum absolute atomic E-state index is 3.91. The van der Waals surface area contributed by atoms with E-state index in [-0.39, 0.29) is 0 Å². The maximum atomic E-state index is 3.91. The fourth-order valence-corrected chi connectivity index (χ4v) is 4.00. The molecule has 3 rings (SSSR count). The molecule has 2 heterocycles. The summed E-state index contributed by atoms with van der Waals surface area (Å²) in [5.41, 5.74) is 0.687. The molecule has 2 atom stereocenters. The highest BCUT2D eigenvalue weighted by Gasteiger charge is 2.40. The molecule has 2 aliphatic heterocycles. The molecule has 1 N–H and O–H groups in total. The lowest BCUT2D eigenvalue weighted by molar-refractivity contribution is 0.116. The minimum atomic E-state index is 0.687. The lowest BCUT2D eigenvalue weighted by Crippen LogP contribution is -2.46. The zero-order valence-corrected chi connectivity index (χ0v) is 10.7. The number of hydrogen-bond donors (Lipinski definition) is 1. The Morgan fingerprint density at radius 2 is 2.06 bits per heavy atom. The molecule has 2 heteroatoms. The minimum Gasteiger partial charge on any atom is -0.312 e. The van der Waals surface area contributed by atoms with Gasteiger partial charge >= 0.3 is 0 Å². The molecule has 0 amide bonds. The highest BCUT2D eigenvalue weighted by Crippen LogP contribution is 2.43. The summed E-state index contributed by atoms with van der Waals surface area (Å²) < 4.78 is 0. The van der Waals surface area contributed by atoms with Crippen LogP contribution in [0.25, 0.3) is 0 Å². The summed E-state index contributed by atoms with van der Waals surface area (Å²) in [4.78, 5) is 2.71. The molecule has 0 aromatic rings. The van der Waals surface area contributed by atoms with Crippen LogP contribution in [-0.2, 0) is 0 Å². The highest BCUT2D eigenvalue weighted by atomic mass is 15.2. The molecule has 0 radical (unpaired) electrons. The molecule has 0 spiro atoms. The Balaban J connectivity index is 1.51. The summed E-state index contributed by atoms with van der Waals surface area (Å²) in [6, 6.07) is 1.69. The predicted molar refractivity (Wildman–Crippen MR) is 67.6 cm³/mol. The van der Waals surface area contributed by atoms with Crippen LogP contribution >= 0.6 is 0 Å². The van der Waals surface area contributed by atoms with Crippen LogP contribution < -0.4 is 5.32 Å². The molecule has 1 aliphatic carbocycles. The average molecular weight is 222 g/mol. The third kappa shape index (κ3) is 1.80. The molecule has 92 valence electrons. The quantitative estimate of drug-likeness (QED) is 0.786. The Morgan fingerprint density at radius 3 is 2.75 bits per heavy atom. The third-order valence-electron chi connectivity index (χ3n) is 5.51. The van der Waals surface area contributed by atoms with Crippen molar-refractivity contribution in [2.75, 3.05) is 19.6 Å². The predicted octanol–water partition coefficient (Wildman–Crippen LogP) is 2.39. The van der Waals surface area contributed by atoms with E-state index in [2.05, 4.69) is 17.1 Å². The molecule has 0 bridgehead atoms. The van der Waals surface area contributed by atoms with Crippen molar-refractivity contribution in [2.45, 2.75) is 64.0 Å². The number of rotatable bonds is 4. The van der Waals surface area contributed by atoms with Gasteiger partial charge in [0.15, 0.2) is 0 Å². The molecular weight excluding hydrogens is 196 g/mol. The average Bonchev–Trinajstić information content (AvgIpc) is 2.80. The Bertz CT molecular complexity index is 242. The van der Waals surface area contributed by atoms with Crippen molar-refractivity contribution in [3.05, 3.63) is 0 Å². The third-order valence-corrected chi connectivity index (χ3v) is 5.51. The molecule has 0 aromatic heterocycles. The summed E-state index contributed by atoms with van der Waals surface area (Å²) >= 11 is 0. The summed E-state index contributed by atoms with van der Waals surface area (Å²) in [6.07, 6.45) is 10.1. The van der Waals surface area contributed by atoms with E-state index in [1.165, 1.54) is 64.6 Å². The van der Waals surface area contributed by atoms with E-state index in [0.717, 1.165) is 12.1 Å². The largest absolute Gasteiger partial charge is 0.312 e. The van der Waals surface area contributed by atoms with E-state index < -0.39 is 0 Å². The Hall–Kier alpha value is -0.0800. The first kappa shape index (κ1) is 11.0. The smallest absolute Gasteiger partial charge is 0.0250 e. The second-order valence-corrected chi connectivity index (χ2v) is 6.23. The van der Waals surface area contributed by atoms with Crippen LogP contribution in [-0.4, -0.2) is 36.6 Å². The first-order valence-corrected chi connectivity index (χ1v) is 7.30. The number of hydrogen-bond acceptors (Lipinski definition) is 2. The van der Waals surface area contributed by atoms with Gasteiger partial charge in [-0.25, -0.2) is 0 Å². The van der Waals surface area contributed by atoms with Crippen LogP contribution in [0.2, 0.25) is 0 Å². The van der Waals surface area contributed by atoms with Crippen LogP contribution in [0.3, 0.4) is 0 Å². The van der Waals surface area contributed by atoms with Gasteiger partial charge in [0.2, 0.25) is 0 Å². The molecule has 1 saturated carbocycles. The molecule has 3 aliphatic rings. The number of nitrogens with one attached hydrogen (secondary N) is 1. The first-order chi connectivity index (χ1) is 7.83. The standard InChI is InChI=1S/C14H26N2/c1-2-14(7-4-8-14)11-15-12-6-10-16-9-3-5-13(12)16/h12-13,15H,2-11H2,1H3. The van der Waals surface area contributed by atoms with Crippen LogP contribution in [0, 0.1) is 5.41 Å². The van der Waals surface area contributed by atoms with Gasteiger partial charge in [0.05, 0.1) is 0 Å². The van der Waals surface area contributed by atoms with E-state index in [1.807, 2.05) is 0 Å². The number of fused-ring (bicyclic) bond motifs is 1.